The predicted molar refractivity (Wildman–Crippen MR) is 174 cm³/mol. The minimum Gasteiger partial charge on any atom is -0.744 e. The van der Waals surface area contributed by atoms with Crippen LogP contribution in [0, 0.1) is 29.6 Å². The van der Waals surface area contributed by atoms with Gasteiger partial charge in [0.15, 0.2) is 5.82 Å². The second kappa shape index (κ2) is 18.0. The van der Waals surface area contributed by atoms with Crippen molar-refractivity contribution < 1.29 is 134 Å². The Balaban J connectivity index is 0.00000351. The van der Waals surface area contributed by atoms with Crippen molar-refractivity contribution in [3.05, 3.63) is 77.6 Å². The SMILES string of the molecule is CC1=Nn2nc(-c3ccc(NC(=O)c4cc(S(=O)(=O)[O-])cc(S(=O)(=O)[O-])c4)cc3)nc2C1=Nc1ccc(N(CCC#N)CCC#N)cc1C.[K+].[K+]. The van der Waals surface area contributed by atoms with Gasteiger partial charge in [0.25, 0.3) is 5.91 Å². The number of hydrogen-bond donors (Lipinski definition) is 1. The van der Waals surface area contributed by atoms with Gasteiger partial charge in [-0.1, -0.05) is 0 Å². The van der Waals surface area contributed by atoms with Crippen LogP contribution >= 0.6 is 0 Å². The largest absolute Gasteiger partial charge is 1.00 e. The van der Waals surface area contributed by atoms with Crippen LogP contribution in [0.5, 0.6) is 0 Å². The van der Waals surface area contributed by atoms with Crippen LogP contribution in [0.3, 0.4) is 0 Å². The van der Waals surface area contributed by atoms with E-state index in [1.54, 1.807) is 19.1 Å². The third-order valence-electron chi connectivity index (χ3n) is 7.28. The number of benzene rings is 3. The Hall–Kier alpha value is -2.52. The summed E-state index contributed by atoms with van der Waals surface area (Å²) in [6, 6.07) is 17.9. The van der Waals surface area contributed by atoms with Crippen LogP contribution in [0.25, 0.3) is 11.4 Å². The molecular formula is C31H25K2N9O7S2. The number of carbonyl (C=O) groups excluding carboxylic acids is 1. The van der Waals surface area contributed by atoms with E-state index in [-0.39, 0.29) is 108 Å². The average Bonchev–Trinajstić information content (AvgIpc) is 3.58. The minimum atomic E-state index is -5.17. The molecule has 0 bridgehead atoms. The molecule has 5 rings (SSSR count). The van der Waals surface area contributed by atoms with E-state index >= 15 is 0 Å². The number of nitrogens with one attached hydrogen (secondary N) is 1. The summed E-state index contributed by atoms with van der Waals surface area (Å²) in [6.45, 7) is 4.67. The zero-order chi connectivity index (χ0) is 35.5. The van der Waals surface area contributed by atoms with Crippen molar-refractivity contribution in [2.45, 2.75) is 36.5 Å². The van der Waals surface area contributed by atoms with E-state index < -0.39 is 41.5 Å². The van der Waals surface area contributed by atoms with Crippen LogP contribution in [-0.4, -0.2) is 71.2 Å². The maximum atomic E-state index is 12.8. The summed E-state index contributed by atoms with van der Waals surface area (Å²) in [5, 5.41) is 29.4. The minimum absolute atomic E-state index is 0. The van der Waals surface area contributed by atoms with Crippen LogP contribution in [0.1, 0.15) is 41.5 Å². The first-order valence-corrected chi connectivity index (χ1v) is 17.2. The number of hydrogen-bond acceptors (Lipinski definition) is 14. The fraction of sp³-hybridized carbons (Fsp3) is 0.194. The van der Waals surface area contributed by atoms with Crippen molar-refractivity contribution in [2.75, 3.05) is 23.3 Å². The Morgan fingerprint density at radius 1 is 0.902 bits per heavy atom. The van der Waals surface area contributed by atoms with E-state index in [1.807, 2.05) is 30.0 Å². The van der Waals surface area contributed by atoms with Crippen molar-refractivity contribution in [1.29, 1.82) is 10.5 Å². The Morgan fingerprint density at radius 3 is 2.02 bits per heavy atom. The monoisotopic (exact) mass is 777 g/mol. The van der Waals surface area contributed by atoms with Crippen LogP contribution < -0.4 is 113 Å². The van der Waals surface area contributed by atoms with Gasteiger partial charge >= 0.3 is 103 Å². The summed E-state index contributed by atoms with van der Waals surface area (Å²) in [4.78, 5) is 23.5. The van der Waals surface area contributed by atoms with Gasteiger partial charge in [0, 0.05) is 35.6 Å². The molecule has 3 aromatic carbocycles. The molecule has 250 valence electrons. The third-order valence-corrected chi connectivity index (χ3v) is 8.90. The summed E-state index contributed by atoms with van der Waals surface area (Å²) in [7, 11) is -10.3. The Bertz CT molecular complexity index is 2280. The van der Waals surface area contributed by atoms with Gasteiger partial charge in [-0.3, -0.25) is 4.79 Å². The molecule has 1 aromatic heterocycles. The van der Waals surface area contributed by atoms with Crippen LogP contribution in [0.4, 0.5) is 17.1 Å². The molecule has 20 heteroatoms. The molecule has 0 saturated heterocycles. The van der Waals surface area contributed by atoms with Gasteiger partial charge in [-0.25, -0.2) is 26.8 Å². The summed E-state index contributed by atoms with van der Waals surface area (Å²) in [5.41, 5.74) is 3.74. The first-order valence-electron chi connectivity index (χ1n) is 14.4. The van der Waals surface area contributed by atoms with Crippen molar-refractivity contribution in [3.8, 4) is 23.5 Å². The number of fused-ring (bicyclic) bond motifs is 1. The molecule has 4 aromatic rings. The fourth-order valence-electron chi connectivity index (χ4n) is 4.85. The Morgan fingerprint density at radius 2 is 1.49 bits per heavy atom. The Labute approximate surface area is 379 Å². The van der Waals surface area contributed by atoms with Gasteiger partial charge in [0.1, 0.15) is 25.9 Å². The zero-order valence-corrected chi connectivity index (χ0v) is 35.7. The maximum absolute atomic E-state index is 12.8. The first kappa shape index (κ1) is 42.9. The molecule has 0 fully saturated rings. The molecule has 1 aliphatic rings. The fourth-order valence-corrected chi connectivity index (χ4v) is 6.01. The van der Waals surface area contributed by atoms with E-state index in [9.17, 15) is 30.7 Å². The van der Waals surface area contributed by atoms with Crippen molar-refractivity contribution in [1.82, 2.24) is 14.9 Å². The first-order chi connectivity index (χ1) is 23.2. The van der Waals surface area contributed by atoms with Crippen molar-refractivity contribution in [3.63, 3.8) is 0 Å². The van der Waals surface area contributed by atoms with E-state index in [1.165, 1.54) is 16.9 Å². The maximum Gasteiger partial charge on any atom is 1.00 e. The summed E-state index contributed by atoms with van der Waals surface area (Å²) in [6.07, 6.45) is 0.647. The summed E-state index contributed by atoms with van der Waals surface area (Å²) >= 11 is 0. The van der Waals surface area contributed by atoms with Gasteiger partial charge in [-0.05, 0) is 80.1 Å². The molecule has 51 heavy (non-hydrogen) atoms. The smallest absolute Gasteiger partial charge is 0.744 e. The van der Waals surface area contributed by atoms with Crippen LogP contribution in [0.15, 0.2) is 80.5 Å². The normalized spacial score (nSPS) is 12.8. The number of amides is 1. The number of rotatable bonds is 11. The molecule has 1 amide bonds. The van der Waals surface area contributed by atoms with Crippen LogP contribution in [-0.2, 0) is 20.2 Å². The summed E-state index contributed by atoms with van der Waals surface area (Å²) < 4.78 is 68.9. The topological polar surface area (TPSA) is 250 Å². The van der Waals surface area contributed by atoms with Gasteiger partial charge < -0.3 is 19.3 Å². The number of aliphatic imine (C=N–C) groups is 1. The molecule has 0 aliphatic carbocycles. The molecule has 16 nitrogen and oxygen atoms in total. The van der Waals surface area contributed by atoms with Gasteiger partial charge in [0.05, 0.1) is 46.2 Å². The third kappa shape index (κ3) is 10.6. The molecule has 2 heterocycles. The number of aryl methyl sites for hydroxylation is 1. The molecule has 0 spiro atoms. The predicted octanol–water partition coefficient (Wildman–Crippen LogP) is -2.69. The number of nitriles is 2. The molecule has 0 unspecified atom stereocenters. The second-order valence-corrected chi connectivity index (χ2v) is 13.5. The molecule has 0 atom stereocenters. The number of nitrogens with zero attached hydrogens (tertiary/aromatic N) is 8. The van der Waals surface area contributed by atoms with Gasteiger partial charge in [-0.2, -0.15) is 15.6 Å². The quantitative estimate of drug-likeness (QED) is 0.121. The van der Waals surface area contributed by atoms with Crippen LogP contribution in [0.2, 0.25) is 0 Å². The number of anilines is 2. The molecule has 0 saturated carbocycles. The van der Waals surface area contributed by atoms with Gasteiger partial charge in [-0.15, -0.1) is 9.89 Å². The molecule has 0 radical (unpaired) electrons. The van der Waals surface area contributed by atoms with Crippen molar-refractivity contribution in [2.24, 2.45) is 10.1 Å². The van der Waals surface area contributed by atoms with E-state index in [2.05, 4.69) is 32.6 Å². The van der Waals surface area contributed by atoms with E-state index in [4.69, 9.17) is 15.5 Å². The van der Waals surface area contributed by atoms with Crippen molar-refractivity contribution >= 4 is 54.6 Å². The second-order valence-electron chi connectivity index (χ2n) is 10.7. The molecule has 1 N–H and O–H groups in total. The molecular weight excluding hydrogens is 753 g/mol. The standard InChI is InChI=1S/C31H27N9O7S2.2K/c1-19-15-24(39(13-3-11-32)14-4-12-33)9-10-27(19)35-28-20(2)37-40-30(28)36-29(38-40)21-5-7-23(8-6-21)34-31(41)22-16-25(48(42,43)44)18-26(17-22)49(45,46)47;;/h5-10,15-18H,3-4,13-14H2,1-2H3,(H,34,41)(H,42,43,44)(H,45,46,47);;/q;2*+1/p-2. The van der Waals surface area contributed by atoms with Gasteiger partial charge in [0.2, 0.25) is 5.82 Å². The summed E-state index contributed by atoms with van der Waals surface area (Å²) in [5.74, 6) is -0.267. The number of carbonyl (C=O) groups is 1. The van der Waals surface area contributed by atoms with E-state index in [0.717, 1.165) is 11.3 Å². The average molecular weight is 778 g/mol. The van der Waals surface area contributed by atoms with E-state index in [0.29, 0.717) is 78.5 Å². The zero-order valence-electron chi connectivity index (χ0n) is 27.9. The molecule has 1 aliphatic heterocycles. The Kier molecular flexibility index (Phi) is 15.1. The number of aromatic nitrogens is 3.